The van der Waals surface area contributed by atoms with Gasteiger partial charge in [-0.05, 0) is 56.8 Å². The summed E-state index contributed by atoms with van der Waals surface area (Å²) in [6.45, 7) is 10.4. The first-order valence-corrected chi connectivity index (χ1v) is 11.3. The van der Waals surface area contributed by atoms with Crippen LogP contribution < -0.4 is 5.32 Å². The Morgan fingerprint density at radius 2 is 1.67 bits per heavy atom. The number of hydrogen-bond donors (Lipinski definition) is 1. The number of benzene rings is 1. The molecule has 1 aromatic rings. The molecular formula is C24H33N3O3. The largest absolute Gasteiger partial charge is 0.451 e. The van der Waals surface area contributed by atoms with Crippen molar-refractivity contribution in [2.45, 2.75) is 58.1 Å². The second kappa shape index (κ2) is 8.90. The molecule has 0 atom stereocenters. The van der Waals surface area contributed by atoms with Crippen LogP contribution in [0.3, 0.4) is 0 Å². The highest BCUT2D eigenvalue weighted by atomic mass is 16.6. The number of anilines is 1. The number of esters is 1. The van der Waals surface area contributed by atoms with Gasteiger partial charge in [-0.2, -0.15) is 0 Å². The second-order valence-corrected chi connectivity index (χ2v) is 8.81. The molecule has 1 amide bonds. The molecule has 0 aromatic heterocycles. The third-order valence-electron chi connectivity index (χ3n) is 6.84. The Morgan fingerprint density at radius 3 is 2.30 bits per heavy atom. The lowest BCUT2D eigenvalue weighted by atomic mass is 9.78. The van der Waals surface area contributed by atoms with Crippen molar-refractivity contribution in [1.82, 2.24) is 9.80 Å². The van der Waals surface area contributed by atoms with Crippen LogP contribution in [-0.4, -0.2) is 60.0 Å². The van der Waals surface area contributed by atoms with Crippen LogP contribution in [0, 0.1) is 0 Å². The van der Waals surface area contributed by atoms with Crippen molar-refractivity contribution in [3.63, 3.8) is 0 Å². The molecule has 6 heteroatoms. The van der Waals surface area contributed by atoms with E-state index in [2.05, 4.69) is 34.2 Å². The van der Waals surface area contributed by atoms with Gasteiger partial charge in [-0.25, -0.2) is 4.79 Å². The van der Waals surface area contributed by atoms with Gasteiger partial charge in [0.05, 0.1) is 5.57 Å². The average molecular weight is 412 g/mol. The second-order valence-electron chi connectivity index (χ2n) is 8.81. The fourth-order valence-electron chi connectivity index (χ4n) is 5.01. The number of nitrogens with zero attached hydrogens (tertiary/aromatic N) is 2. The molecule has 2 heterocycles. The first kappa shape index (κ1) is 21.1. The predicted molar refractivity (Wildman–Crippen MR) is 117 cm³/mol. The maximum absolute atomic E-state index is 13.1. The molecule has 1 saturated carbocycles. The summed E-state index contributed by atoms with van der Waals surface area (Å²) in [5.74, 6) is -0.552. The summed E-state index contributed by atoms with van der Waals surface area (Å²) in [4.78, 5) is 30.3. The minimum Gasteiger partial charge on any atom is -0.451 e. The smallest absolute Gasteiger partial charge is 0.335 e. The maximum Gasteiger partial charge on any atom is 0.335 e. The molecule has 4 rings (SSSR count). The Labute approximate surface area is 179 Å². The minimum absolute atomic E-state index is 0.205. The third-order valence-corrected chi connectivity index (χ3v) is 6.84. The number of ether oxygens (including phenoxy) is 1. The lowest BCUT2D eigenvalue weighted by Crippen LogP contribution is -2.45. The van der Waals surface area contributed by atoms with Gasteiger partial charge in [-0.1, -0.05) is 25.5 Å². The summed E-state index contributed by atoms with van der Waals surface area (Å²) in [6.07, 6.45) is 4.57. The Hall–Kier alpha value is -2.18. The predicted octanol–water partition coefficient (Wildman–Crippen LogP) is 3.34. The SMILES string of the molecule is CCN1CCN(Cc2ccc(NC(=O)C3=C(C)C(=O)OC34CCCCC4)cc2)CC1. The van der Waals surface area contributed by atoms with Crippen molar-refractivity contribution in [2.75, 3.05) is 38.0 Å². The molecule has 2 fully saturated rings. The van der Waals surface area contributed by atoms with E-state index in [4.69, 9.17) is 4.74 Å². The van der Waals surface area contributed by atoms with Crippen LogP contribution in [-0.2, 0) is 20.9 Å². The van der Waals surface area contributed by atoms with Crippen LogP contribution in [0.2, 0.25) is 0 Å². The van der Waals surface area contributed by atoms with Crippen molar-refractivity contribution in [3.8, 4) is 0 Å². The third kappa shape index (κ3) is 4.30. The zero-order valence-electron chi connectivity index (χ0n) is 18.2. The molecule has 0 unspecified atom stereocenters. The topological polar surface area (TPSA) is 61.9 Å². The Morgan fingerprint density at radius 1 is 1.03 bits per heavy atom. The van der Waals surface area contributed by atoms with Crippen LogP contribution in [0.4, 0.5) is 5.69 Å². The van der Waals surface area contributed by atoms with Crippen LogP contribution in [0.15, 0.2) is 35.4 Å². The molecule has 1 saturated heterocycles. The van der Waals surface area contributed by atoms with Gasteiger partial charge < -0.3 is 15.0 Å². The molecule has 1 aliphatic carbocycles. The molecule has 1 aromatic carbocycles. The lowest BCUT2D eigenvalue weighted by molar-refractivity contribution is -0.149. The summed E-state index contributed by atoms with van der Waals surface area (Å²) in [6, 6.07) is 8.07. The summed E-state index contributed by atoms with van der Waals surface area (Å²) < 4.78 is 5.71. The van der Waals surface area contributed by atoms with Crippen LogP contribution in [0.5, 0.6) is 0 Å². The van der Waals surface area contributed by atoms with Crippen LogP contribution >= 0.6 is 0 Å². The quantitative estimate of drug-likeness (QED) is 0.753. The van der Waals surface area contributed by atoms with Gasteiger partial charge in [0.15, 0.2) is 0 Å². The molecule has 30 heavy (non-hydrogen) atoms. The maximum atomic E-state index is 13.1. The molecule has 3 aliphatic rings. The van der Waals surface area contributed by atoms with Crippen molar-refractivity contribution >= 4 is 17.6 Å². The molecule has 2 aliphatic heterocycles. The Balaban J connectivity index is 1.39. The van der Waals surface area contributed by atoms with Crippen molar-refractivity contribution in [2.24, 2.45) is 0 Å². The number of rotatable bonds is 5. The van der Waals surface area contributed by atoms with Gasteiger partial charge in [0, 0.05) is 44.0 Å². The molecule has 0 bridgehead atoms. The Bertz CT molecular complexity index is 817. The van der Waals surface area contributed by atoms with Gasteiger partial charge in [0.25, 0.3) is 5.91 Å². The first-order chi connectivity index (χ1) is 14.5. The van der Waals surface area contributed by atoms with Crippen LogP contribution in [0.1, 0.15) is 51.5 Å². The first-order valence-electron chi connectivity index (χ1n) is 11.3. The standard InChI is InChI=1S/C24H33N3O3/c1-3-26-13-15-27(16-14-26)17-19-7-9-20(10-8-19)25-22(28)21-18(2)23(29)30-24(21)11-5-4-6-12-24/h7-10H,3-6,11-17H2,1-2H3,(H,25,28). The summed E-state index contributed by atoms with van der Waals surface area (Å²) in [5, 5.41) is 3.00. The van der Waals surface area contributed by atoms with Gasteiger partial charge in [0.2, 0.25) is 0 Å². The molecule has 1 N–H and O–H groups in total. The fourth-order valence-corrected chi connectivity index (χ4v) is 5.01. The van der Waals surface area contributed by atoms with Crippen molar-refractivity contribution in [3.05, 3.63) is 41.0 Å². The van der Waals surface area contributed by atoms with E-state index in [9.17, 15) is 9.59 Å². The lowest BCUT2D eigenvalue weighted by Gasteiger charge is -2.34. The molecule has 0 radical (unpaired) electrons. The van der Waals surface area contributed by atoms with E-state index < -0.39 is 5.60 Å². The van der Waals surface area contributed by atoms with E-state index in [-0.39, 0.29) is 11.9 Å². The number of carbonyl (C=O) groups is 2. The summed E-state index contributed by atoms with van der Waals surface area (Å²) in [7, 11) is 0. The van der Waals surface area contributed by atoms with Gasteiger partial charge in [0.1, 0.15) is 5.60 Å². The zero-order valence-corrected chi connectivity index (χ0v) is 18.2. The molecule has 1 spiro atoms. The number of amides is 1. The minimum atomic E-state index is -0.718. The average Bonchev–Trinajstić information content (AvgIpc) is 2.99. The highest BCUT2D eigenvalue weighted by molar-refractivity contribution is 6.12. The van der Waals surface area contributed by atoms with Crippen LogP contribution in [0.25, 0.3) is 0 Å². The van der Waals surface area contributed by atoms with E-state index in [1.807, 2.05) is 12.1 Å². The molecule has 6 nitrogen and oxygen atoms in total. The Kier molecular flexibility index (Phi) is 6.25. The highest BCUT2D eigenvalue weighted by Crippen LogP contribution is 2.44. The number of hydrogen-bond acceptors (Lipinski definition) is 5. The number of likely N-dealkylation sites (N-methyl/N-ethyl adjacent to an activating group) is 1. The molecule has 162 valence electrons. The molecular weight excluding hydrogens is 378 g/mol. The number of piperazine rings is 1. The van der Waals surface area contributed by atoms with Gasteiger partial charge >= 0.3 is 5.97 Å². The van der Waals surface area contributed by atoms with E-state index in [1.165, 1.54) is 5.56 Å². The zero-order chi connectivity index (χ0) is 21.1. The fraction of sp³-hybridized carbons (Fsp3) is 0.583. The van der Waals surface area contributed by atoms with E-state index in [0.717, 1.165) is 77.1 Å². The monoisotopic (exact) mass is 411 g/mol. The van der Waals surface area contributed by atoms with Crippen molar-refractivity contribution < 1.29 is 14.3 Å². The van der Waals surface area contributed by atoms with E-state index in [1.54, 1.807) is 6.92 Å². The summed E-state index contributed by atoms with van der Waals surface area (Å²) in [5.41, 5.74) is 2.27. The van der Waals surface area contributed by atoms with Crippen molar-refractivity contribution in [1.29, 1.82) is 0 Å². The van der Waals surface area contributed by atoms with Gasteiger partial charge in [-0.15, -0.1) is 0 Å². The normalized spacial score (nSPS) is 22.4. The van der Waals surface area contributed by atoms with E-state index in [0.29, 0.717) is 11.1 Å². The summed E-state index contributed by atoms with van der Waals surface area (Å²) >= 11 is 0. The number of carbonyl (C=O) groups excluding carboxylic acids is 2. The highest BCUT2D eigenvalue weighted by Gasteiger charge is 2.49. The van der Waals surface area contributed by atoms with E-state index >= 15 is 0 Å². The van der Waals surface area contributed by atoms with Gasteiger partial charge in [-0.3, -0.25) is 9.69 Å². The number of nitrogens with one attached hydrogen (secondary N) is 1.